The molecule has 9 heteroatoms. The van der Waals surface area contributed by atoms with Crippen LogP contribution < -0.4 is 15.6 Å². The molecule has 0 aliphatic rings. The van der Waals surface area contributed by atoms with Gasteiger partial charge in [0.05, 0.1) is 18.0 Å². The molecule has 0 saturated heterocycles. The maximum atomic E-state index is 13.7. The zero-order valence-corrected chi connectivity index (χ0v) is 17.5. The van der Waals surface area contributed by atoms with Crippen LogP contribution in [0.4, 0.5) is 4.39 Å². The fourth-order valence-electron chi connectivity index (χ4n) is 3.67. The number of ether oxygens (including phenoxy) is 1. The number of fused-ring (bicyclic) bond motifs is 3. The van der Waals surface area contributed by atoms with E-state index in [1.807, 2.05) is 24.3 Å². The van der Waals surface area contributed by atoms with E-state index in [2.05, 4.69) is 20.6 Å². The van der Waals surface area contributed by atoms with E-state index in [9.17, 15) is 14.0 Å². The Morgan fingerprint density at radius 2 is 1.97 bits per heavy atom. The van der Waals surface area contributed by atoms with Crippen LogP contribution in [0, 0.1) is 5.82 Å². The predicted molar refractivity (Wildman–Crippen MR) is 121 cm³/mol. The Bertz CT molecular complexity index is 1570. The number of aromatic nitrogens is 4. The van der Waals surface area contributed by atoms with Gasteiger partial charge in [-0.05, 0) is 48.0 Å². The maximum Gasteiger partial charge on any atom is 0.281 e. The average molecular weight is 443 g/mol. The van der Waals surface area contributed by atoms with Crippen molar-refractivity contribution in [1.82, 2.24) is 25.1 Å². The van der Waals surface area contributed by atoms with Crippen LogP contribution in [-0.4, -0.2) is 32.8 Å². The second kappa shape index (κ2) is 8.19. The minimum absolute atomic E-state index is 0.243. The zero-order chi connectivity index (χ0) is 22.9. The summed E-state index contributed by atoms with van der Waals surface area (Å²) in [6.45, 7) is 0.313. The monoisotopic (exact) mass is 443 g/mol. The van der Waals surface area contributed by atoms with E-state index < -0.39 is 11.4 Å². The number of halogens is 1. The first kappa shape index (κ1) is 20.4. The third-order valence-electron chi connectivity index (χ3n) is 5.31. The van der Waals surface area contributed by atoms with Crippen LogP contribution in [0.25, 0.3) is 27.8 Å². The van der Waals surface area contributed by atoms with Gasteiger partial charge in [0.15, 0.2) is 5.65 Å². The number of nitrogens with one attached hydrogen (secondary N) is 2. The van der Waals surface area contributed by atoms with Crippen molar-refractivity contribution < 1.29 is 13.9 Å². The molecule has 0 aliphatic heterocycles. The smallest absolute Gasteiger partial charge is 0.281 e. The number of hydrogen-bond acceptors (Lipinski definition) is 5. The van der Waals surface area contributed by atoms with Crippen molar-refractivity contribution in [3.05, 3.63) is 94.0 Å². The van der Waals surface area contributed by atoms with Crippen molar-refractivity contribution >= 4 is 22.5 Å². The highest BCUT2D eigenvalue weighted by molar-refractivity contribution is 5.98. The highest BCUT2D eigenvalue weighted by atomic mass is 19.1. The van der Waals surface area contributed by atoms with Crippen molar-refractivity contribution in [2.45, 2.75) is 6.54 Å². The van der Waals surface area contributed by atoms with Gasteiger partial charge in [-0.25, -0.2) is 14.1 Å². The van der Waals surface area contributed by atoms with Gasteiger partial charge >= 0.3 is 0 Å². The predicted octanol–water partition coefficient (Wildman–Crippen LogP) is 3.32. The van der Waals surface area contributed by atoms with Crippen LogP contribution in [0.5, 0.6) is 5.75 Å². The van der Waals surface area contributed by atoms with Gasteiger partial charge in [0.25, 0.3) is 11.5 Å². The van der Waals surface area contributed by atoms with Crippen LogP contribution in [0.2, 0.25) is 0 Å². The number of hydrogen-bond donors (Lipinski definition) is 2. The van der Waals surface area contributed by atoms with Crippen molar-refractivity contribution in [2.24, 2.45) is 0 Å². The molecule has 0 spiro atoms. The third-order valence-corrected chi connectivity index (χ3v) is 5.31. The zero-order valence-electron chi connectivity index (χ0n) is 17.5. The molecule has 0 atom stereocenters. The van der Waals surface area contributed by atoms with Gasteiger partial charge in [0, 0.05) is 17.7 Å². The van der Waals surface area contributed by atoms with Crippen LogP contribution in [-0.2, 0) is 6.54 Å². The number of H-pyrrole nitrogens is 1. The van der Waals surface area contributed by atoms with E-state index in [1.54, 1.807) is 37.4 Å². The number of aromatic amines is 1. The van der Waals surface area contributed by atoms with E-state index in [-0.39, 0.29) is 11.6 Å². The van der Waals surface area contributed by atoms with Gasteiger partial charge in [-0.1, -0.05) is 24.3 Å². The van der Waals surface area contributed by atoms with Crippen LogP contribution in [0.1, 0.15) is 15.9 Å². The van der Waals surface area contributed by atoms with Crippen molar-refractivity contribution in [1.29, 1.82) is 0 Å². The highest BCUT2D eigenvalue weighted by Gasteiger charge is 2.16. The molecule has 0 radical (unpaired) electrons. The molecule has 0 fully saturated rings. The van der Waals surface area contributed by atoms with E-state index >= 15 is 0 Å². The number of benzene rings is 3. The molecule has 5 rings (SSSR count). The Morgan fingerprint density at radius 3 is 2.79 bits per heavy atom. The molecule has 33 heavy (non-hydrogen) atoms. The number of methoxy groups -OCH3 is 1. The van der Waals surface area contributed by atoms with Crippen molar-refractivity contribution in [2.75, 3.05) is 7.11 Å². The number of rotatable bonds is 5. The topological polar surface area (TPSA) is 101 Å². The Balaban J connectivity index is 1.51. The Labute approximate surface area is 186 Å². The molecule has 2 aromatic heterocycles. The highest BCUT2D eigenvalue weighted by Crippen LogP contribution is 2.23. The fourth-order valence-corrected chi connectivity index (χ4v) is 3.67. The summed E-state index contributed by atoms with van der Waals surface area (Å²) in [6.07, 6.45) is 0. The number of carbonyl (C=O) groups is 1. The number of amides is 1. The Morgan fingerprint density at radius 1 is 1.12 bits per heavy atom. The van der Waals surface area contributed by atoms with Crippen molar-refractivity contribution in [3.8, 4) is 17.0 Å². The second-order valence-electron chi connectivity index (χ2n) is 7.41. The molecule has 0 bridgehead atoms. The van der Waals surface area contributed by atoms with Gasteiger partial charge < -0.3 is 10.1 Å². The summed E-state index contributed by atoms with van der Waals surface area (Å²) in [4.78, 5) is 29.5. The molecule has 5 aromatic rings. The van der Waals surface area contributed by atoms with E-state index in [1.165, 1.54) is 16.6 Å². The minimum Gasteiger partial charge on any atom is -0.497 e. The molecule has 2 heterocycles. The molecule has 0 unspecified atom stereocenters. The first-order valence-corrected chi connectivity index (χ1v) is 10.1. The molecule has 0 saturated carbocycles. The Kier molecular flexibility index (Phi) is 5.06. The average Bonchev–Trinajstić information content (AvgIpc) is 3.26. The maximum absolute atomic E-state index is 13.7. The lowest BCUT2D eigenvalue weighted by Gasteiger charge is -2.08. The largest absolute Gasteiger partial charge is 0.497 e. The fraction of sp³-hybridized carbons (Fsp3) is 0.0833. The first-order chi connectivity index (χ1) is 16.0. The van der Waals surface area contributed by atoms with Crippen LogP contribution >= 0.6 is 0 Å². The summed E-state index contributed by atoms with van der Waals surface area (Å²) in [5.74, 6) is -0.0237. The SMILES string of the molecule is COc1cccc(CNC(=O)c2ccc3c(=O)nc4c(-c5cccc(F)c5)n[nH]n4c3c2)c1. The summed E-state index contributed by atoms with van der Waals surface area (Å²) in [5, 5.41) is 10.2. The molecular weight excluding hydrogens is 425 g/mol. The molecule has 1 amide bonds. The van der Waals surface area contributed by atoms with Gasteiger partial charge in [0.1, 0.15) is 17.3 Å². The quantitative estimate of drug-likeness (QED) is 0.434. The molecule has 2 N–H and O–H groups in total. The first-order valence-electron chi connectivity index (χ1n) is 10.1. The number of nitrogens with zero attached hydrogens (tertiary/aromatic N) is 3. The molecular formula is C24H18FN5O3. The molecule has 3 aromatic carbocycles. The van der Waals surface area contributed by atoms with Gasteiger partial charge in [-0.15, -0.1) is 0 Å². The summed E-state index contributed by atoms with van der Waals surface area (Å²) in [6, 6.07) is 18.0. The van der Waals surface area contributed by atoms with Crippen LogP contribution in [0.3, 0.4) is 0 Å². The lowest BCUT2D eigenvalue weighted by molar-refractivity contribution is 0.0951. The standard InChI is InChI=1S/C24H18FN5O3/c1-33-18-7-2-4-14(10-18)13-26-23(31)16-8-9-19-20(12-16)30-22(27-24(19)32)21(28-29-30)15-5-3-6-17(25)11-15/h2-12,29H,13H2,1H3,(H,26,31). The normalized spacial score (nSPS) is 11.1. The summed E-state index contributed by atoms with van der Waals surface area (Å²) >= 11 is 0. The van der Waals surface area contributed by atoms with Crippen molar-refractivity contribution in [3.63, 3.8) is 0 Å². The Hall–Kier alpha value is -4.53. The lowest BCUT2D eigenvalue weighted by Crippen LogP contribution is -2.23. The van der Waals surface area contributed by atoms with Gasteiger partial charge in [0.2, 0.25) is 0 Å². The van der Waals surface area contributed by atoms with Gasteiger partial charge in [-0.3, -0.25) is 9.59 Å². The molecule has 8 nitrogen and oxygen atoms in total. The van der Waals surface area contributed by atoms with E-state index in [0.29, 0.717) is 40.0 Å². The lowest BCUT2D eigenvalue weighted by atomic mass is 10.1. The van der Waals surface area contributed by atoms with E-state index in [4.69, 9.17) is 4.74 Å². The summed E-state index contributed by atoms with van der Waals surface area (Å²) in [5.41, 5.74) is 2.29. The van der Waals surface area contributed by atoms with Gasteiger partial charge in [-0.2, -0.15) is 10.1 Å². The number of carbonyl (C=O) groups excluding carboxylic acids is 1. The third kappa shape index (κ3) is 3.80. The minimum atomic E-state index is -0.465. The summed E-state index contributed by atoms with van der Waals surface area (Å²) in [7, 11) is 1.58. The molecule has 164 valence electrons. The summed E-state index contributed by atoms with van der Waals surface area (Å²) < 4.78 is 20.4. The van der Waals surface area contributed by atoms with Crippen LogP contribution in [0.15, 0.2) is 71.5 Å². The second-order valence-corrected chi connectivity index (χ2v) is 7.41. The molecule has 0 aliphatic carbocycles. The van der Waals surface area contributed by atoms with E-state index in [0.717, 1.165) is 5.56 Å².